The van der Waals surface area contributed by atoms with Crippen LogP contribution in [0.3, 0.4) is 0 Å². The second-order valence-electron chi connectivity index (χ2n) is 3.17. The summed E-state index contributed by atoms with van der Waals surface area (Å²) in [4.78, 5) is -0.369. The first-order chi connectivity index (χ1) is 8.43. The Labute approximate surface area is 112 Å². The topological polar surface area (TPSA) is 93.3 Å². The van der Waals surface area contributed by atoms with Crippen LogP contribution >= 0.6 is 23.4 Å². The fraction of sp³-hybridized carbons (Fsp3) is 0.111. The van der Waals surface area contributed by atoms with Crippen LogP contribution in [0.4, 0.5) is 0 Å². The van der Waals surface area contributed by atoms with E-state index in [1.807, 2.05) is 0 Å². The third kappa shape index (κ3) is 2.51. The molecule has 0 aliphatic heterocycles. The SMILES string of the molecule is CSc1nnc(-c2c(Cl)cccc2S(=O)(=O)O)o1. The molecule has 1 aromatic carbocycles. The van der Waals surface area contributed by atoms with Crippen molar-refractivity contribution in [3.8, 4) is 11.5 Å². The summed E-state index contributed by atoms with van der Waals surface area (Å²) >= 11 is 7.12. The molecule has 0 saturated carbocycles. The van der Waals surface area contributed by atoms with E-state index in [-0.39, 0.29) is 26.6 Å². The highest BCUT2D eigenvalue weighted by molar-refractivity contribution is 7.98. The quantitative estimate of drug-likeness (QED) is 0.687. The van der Waals surface area contributed by atoms with Gasteiger partial charge in [0, 0.05) is 0 Å². The fourth-order valence-electron chi connectivity index (χ4n) is 1.32. The molecule has 18 heavy (non-hydrogen) atoms. The number of halogens is 1. The van der Waals surface area contributed by atoms with Crippen molar-refractivity contribution in [3.63, 3.8) is 0 Å². The lowest BCUT2D eigenvalue weighted by Crippen LogP contribution is -2.01. The molecule has 6 nitrogen and oxygen atoms in total. The summed E-state index contributed by atoms with van der Waals surface area (Å²) in [5, 5.41) is 7.75. The third-order valence-electron chi connectivity index (χ3n) is 2.05. The van der Waals surface area contributed by atoms with Crippen LogP contribution in [0.5, 0.6) is 0 Å². The van der Waals surface area contributed by atoms with Crippen LogP contribution in [-0.4, -0.2) is 29.4 Å². The molecule has 0 radical (unpaired) electrons. The van der Waals surface area contributed by atoms with Crippen molar-refractivity contribution >= 4 is 33.5 Å². The van der Waals surface area contributed by atoms with Gasteiger partial charge in [0.15, 0.2) is 0 Å². The van der Waals surface area contributed by atoms with Crippen LogP contribution < -0.4 is 0 Å². The molecule has 0 saturated heterocycles. The number of thioether (sulfide) groups is 1. The molecule has 0 aliphatic carbocycles. The van der Waals surface area contributed by atoms with Crippen LogP contribution in [0.15, 0.2) is 32.7 Å². The van der Waals surface area contributed by atoms with Crippen molar-refractivity contribution in [2.75, 3.05) is 6.26 Å². The normalized spacial score (nSPS) is 11.7. The first kappa shape index (κ1) is 13.3. The van der Waals surface area contributed by atoms with E-state index in [0.717, 1.165) is 0 Å². The number of nitrogens with zero attached hydrogens (tertiary/aromatic N) is 2. The first-order valence-corrected chi connectivity index (χ1v) is 7.61. The average molecular weight is 307 g/mol. The maximum Gasteiger partial charge on any atom is 0.295 e. The van der Waals surface area contributed by atoms with E-state index in [2.05, 4.69) is 10.2 Å². The Bertz CT molecular complexity index is 684. The molecular weight excluding hydrogens is 300 g/mol. The Morgan fingerprint density at radius 2 is 2.11 bits per heavy atom. The predicted octanol–water partition coefficient (Wildman–Crippen LogP) is 2.36. The fourth-order valence-corrected chi connectivity index (χ4v) is 2.62. The number of hydrogen-bond donors (Lipinski definition) is 1. The van der Waals surface area contributed by atoms with E-state index >= 15 is 0 Å². The second-order valence-corrected chi connectivity index (χ2v) is 5.72. The maximum absolute atomic E-state index is 11.3. The lowest BCUT2D eigenvalue weighted by Gasteiger charge is -2.04. The van der Waals surface area contributed by atoms with Crippen molar-refractivity contribution in [3.05, 3.63) is 23.2 Å². The van der Waals surface area contributed by atoms with Gasteiger partial charge in [-0.3, -0.25) is 4.55 Å². The van der Waals surface area contributed by atoms with Gasteiger partial charge in [0.1, 0.15) is 4.90 Å². The van der Waals surface area contributed by atoms with Crippen LogP contribution in [0.2, 0.25) is 5.02 Å². The van der Waals surface area contributed by atoms with E-state index in [9.17, 15) is 8.42 Å². The van der Waals surface area contributed by atoms with Gasteiger partial charge in [-0.1, -0.05) is 29.4 Å². The molecule has 1 heterocycles. The summed E-state index contributed by atoms with van der Waals surface area (Å²) in [6.45, 7) is 0. The molecule has 1 N–H and O–H groups in total. The molecule has 2 rings (SSSR count). The summed E-state index contributed by atoms with van der Waals surface area (Å²) < 4.78 is 36.9. The van der Waals surface area contributed by atoms with Crippen LogP contribution in [0.1, 0.15) is 0 Å². The van der Waals surface area contributed by atoms with Gasteiger partial charge in [-0.15, -0.1) is 10.2 Å². The zero-order chi connectivity index (χ0) is 13.3. The molecule has 0 fully saturated rings. The van der Waals surface area contributed by atoms with Gasteiger partial charge >= 0.3 is 0 Å². The second kappa shape index (κ2) is 4.88. The molecular formula is C9H7ClN2O4S2. The lowest BCUT2D eigenvalue weighted by atomic mass is 10.2. The molecule has 0 bridgehead atoms. The third-order valence-corrected chi connectivity index (χ3v) is 3.77. The highest BCUT2D eigenvalue weighted by Gasteiger charge is 2.23. The van der Waals surface area contributed by atoms with Crippen LogP contribution in [0.25, 0.3) is 11.5 Å². The van der Waals surface area contributed by atoms with Crippen LogP contribution in [0, 0.1) is 0 Å². The van der Waals surface area contributed by atoms with Crippen molar-refractivity contribution in [2.24, 2.45) is 0 Å². The monoisotopic (exact) mass is 306 g/mol. The van der Waals surface area contributed by atoms with E-state index in [0.29, 0.717) is 0 Å². The number of rotatable bonds is 3. The Hall–Kier alpha value is -1.09. The van der Waals surface area contributed by atoms with Crippen molar-refractivity contribution in [1.29, 1.82) is 0 Å². The highest BCUT2D eigenvalue weighted by Crippen LogP contribution is 2.34. The van der Waals surface area contributed by atoms with Crippen molar-refractivity contribution in [1.82, 2.24) is 10.2 Å². The minimum absolute atomic E-state index is 0.00512. The summed E-state index contributed by atoms with van der Waals surface area (Å²) in [5.41, 5.74) is -0.00512. The van der Waals surface area contributed by atoms with Gasteiger partial charge < -0.3 is 4.42 Å². The molecule has 9 heteroatoms. The summed E-state index contributed by atoms with van der Waals surface area (Å²) in [5.74, 6) is -0.0578. The Kier molecular flexibility index (Phi) is 3.62. The zero-order valence-corrected chi connectivity index (χ0v) is 11.4. The Morgan fingerprint density at radius 3 is 2.67 bits per heavy atom. The number of benzene rings is 1. The van der Waals surface area contributed by atoms with Gasteiger partial charge in [-0.05, 0) is 18.4 Å². The number of hydrogen-bond acceptors (Lipinski definition) is 6. The number of aromatic nitrogens is 2. The van der Waals surface area contributed by atoms with E-state index in [1.165, 1.54) is 30.0 Å². The molecule has 0 atom stereocenters. The lowest BCUT2D eigenvalue weighted by molar-refractivity contribution is 0.462. The van der Waals surface area contributed by atoms with Gasteiger partial charge in [0.2, 0.25) is 0 Å². The van der Waals surface area contributed by atoms with Gasteiger partial charge in [0.05, 0.1) is 10.6 Å². The molecule has 1 aromatic heterocycles. The molecule has 0 spiro atoms. The van der Waals surface area contributed by atoms with Gasteiger partial charge in [-0.2, -0.15) is 8.42 Å². The molecule has 2 aromatic rings. The highest BCUT2D eigenvalue weighted by atomic mass is 35.5. The molecule has 0 amide bonds. The van der Waals surface area contributed by atoms with Crippen molar-refractivity contribution in [2.45, 2.75) is 10.1 Å². The summed E-state index contributed by atoms with van der Waals surface area (Å²) in [6.07, 6.45) is 1.73. The standard InChI is InChI=1S/C9H7ClN2O4S2/c1-17-9-12-11-8(16-9)7-5(10)3-2-4-6(7)18(13,14)15/h2-4H,1H3,(H,13,14,15). The van der Waals surface area contributed by atoms with E-state index in [4.69, 9.17) is 20.6 Å². The predicted molar refractivity (Wildman–Crippen MR) is 66.3 cm³/mol. The molecule has 0 unspecified atom stereocenters. The van der Waals surface area contributed by atoms with E-state index in [1.54, 1.807) is 6.26 Å². The van der Waals surface area contributed by atoms with Gasteiger partial charge in [0.25, 0.3) is 21.2 Å². The average Bonchev–Trinajstić information content (AvgIpc) is 2.75. The maximum atomic E-state index is 11.3. The summed E-state index contributed by atoms with van der Waals surface area (Å²) in [7, 11) is -4.42. The zero-order valence-electron chi connectivity index (χ0n) is 8.99. The first-order valence-electron chi connectivity index (χ1n) is 4.57. The van der Waals surface area contributed by atoms with Crippen molar-refractivity contribution < 1.29 is 17.4 Å². The van der Waals surface area contributed by atoms with E-state index < -0.39 is 10.1 Å². The Balaban J connectivity index is 2.70. The van der Waals surface area contributed by atoms with Crippen LogP contribution in [-0.2, 0) is 10.1 Å². The van der Waals surface area contributed by atoms with Gasteiger partial charge in [-0.25, -0.2) is 0 Å². The largest absolute Gasteiger partial charge is 0.411 e. The Morgan fingerprint density at radius 1 is 1.39 bits per heavy atom. The molecule has 0 aliphatic rings. The minimum atomic E-state index is -4.42. The minimum Gasteiger partial charge on any atom is -0.411 e. The summed E-state index contributed by atoms with van der Waals surface area (Å²) in [6, 6.07) is 4.08. The molecule has 96 valence electrons. The smallest absolute Gasteiger partial charge is 0.295 e.